The van der Waals surface area contributed by atoms with E-state index in [1.807, 2.05) is 0 Å². The van der Waals surface area contributed by atoms with Gasteiger partial charge in [0.1, 0.15) is 0 Å². The molecular weight excluding hydrogens is 280 g/mol. The van der Waals surface area contributed by atoms with Crippen LogP contribution in [0.4, 0.5) is 0 Å². The Kier molecular flexibility index (Phi) is 3.67. The zero-order valence-corrected chi connectivity index (χ0v) is 13.9. The summed E-state index contributed by atoms with van der Waals surface area (Å²) in [6.07, 6.45) is 2.75. The van der Waals surface area contributed by atoms with E-state index in [0.29, 0.717) is 18.2 Å². The number of fused-ring (bicyclic) bond motifs is 1. The molecule has 3 rings (SSSR count). The quantitative estimate of drug-likeness (QED) is 0.873. The van der Waals surface area contributed by atoms with Crippen LogP contribution in [0.2, 0.25) is 0 Å². The van der Waals surface area contributed by atoms with Crippen LogP contribution in [0.25, 0.3) is 0 Å². The maximum absolute atomic E-state index is 12.5. The van der Waals surface area contributed by atoms with Gasteiger partial charge in [0.15, 0.2) is 5.69 Å². The monoisotopic (exact) mass is 306 g/mol. The highest BCUT2D eigenvalue weighted by molar-refractivity contribution is 5.92. The lowest BCUT2D eigenvalue weighted by Crippen LogP contribution is -2.62. The first-order chi connectivity index (χ1) is 10.2. The van der Waals surface area contributed by atoms with Gasteiger partial charge in [-0.2, -0.15) is 5.10 Å². The number of carbonyl (C=O) groups excluding carboxylic acids is 1. The van der Waals surface area contributed by atoms with Crippen molar-refractivity contribution in [2.45, 2.75) is 70.6 Å². The predicted octanol–water partition coefficient (Wildman–Crippen LogP) is 1.70. The van der Waals surface area contributed by atoms with Gasteiger partial charge in [-0.05, 0) is 40.5 Å². The molecule has 0 atom stereocenters. The van der Waals surface area contributed by atoms with Crippen LogP contribution in [0.15, 0.2) is 6.07 Å². The van der Waals surface area contributed by atoms with Gasteiger partial charge < -0.3 is 15.4 Å². The number of aromatic nitrogens is 2. The summed E-state index contributed by atoms with van der Waals surface area (Å²) in [6.45, 7) is 10.2. The topological polar surface area (TPSA) is 68.2 Å². The van der Waals surface area contributed by atoms with E-state index >= 15 is 0 Å². The highest BCUT2D eigenvalue weighted by Gasteiger charge is 2.38. The van der Waals surface area contributed by atoms with E-state index in [0.717, 1.165) is 25.8 Å². The molecule has 22 heavy (non-hydrogen) atoms. The Bertz CT molecular complexity index is 537. The van der Waals surface area contributed by atoms with Crippen molar-refractivity contribution < 1.29 is 9.53 Å². The molecule has 1 amide bonds. The lowest BCUT2D eigenvalue weighted by Gasteiger charge is -2.46. The first kappa shape index (κ1) is 15.3. The molecule has 3 heterocycles. The second-order valence-corrected chi connectivity index (χ2v) is 7.76. The van der Waals surface area contributed by atoms with Gasteiger partial charge >= 0.3 is 0 Å². The number of carbonyl (C=O) groups is 1. The van der Waals surface area contributed by atoms with Crippen LogP contribution in [0, 0.1) is 0 Å². The number of nitrogens with zero attached hydrogens (tertiary/aromatic N) is 2. The number of hydrogen-bond donors (Lipinski definition) is 2. The first-order valence-corrected chi connectivity index (χ1v) is 8.05. The molecule has 0 aromatic carbocycles. The predicted molar refractivity (Wildman–Crippen MR) is 84.1 cm³/mol. The van der Waals surface area contributed by atoms with Crippen molar-refractivity contribution in [2.24, 2.45) is 0 Å². The van der Waals surface area contributed by atoms with Crippen LogP contribution in [0.5, 0.6) is 5.88 Å². The van der Waals surface area contributed by atoms with Crippen molar-refractivity contribution in [1.29, 1.82) is 0 Å². The first-order valence-electron chi connectivity index (χ1n) is 8.05. The number of nitrogens with one attached hydrogen (secondary N) is 2. The lowest BCUT2D eigenvalue weighted by molar-refractivity contribution is 0.0867. The summed E-state index contributed by atoms with van der Waals surface area (Å²) < 4.78 is 7.29. The summed E-state index contributed by atoms with van der Waals surface area (Å²) >= 11 is 0. The largest absolute Gasteiger partial charge is 0.478 e. The molecule has 0 aliphatic carbocycles. The molecule has 1 fully saturated rings. The fourth-order valence-corrected chi connectivity index (χ4v) is 3.86. The lowest BCUT2D eigenvalue weighted by atomic mass is 9.79. The summed E-state index contributed by atoms with van der Waals surface area (Å²) in [5.74, 6) is 0.589. The standard InChI is InChI=1S/C16H26N4O2/c1-15(2)9-11(10-16(3,4)19-15)17-14(21)12-8-13-20(18-12)6-5-7-22-13/h8,11,19H,5-7,9-10H2,1-4H3,(H,17,21). The van der Waals surface area contributed by atoms with E-state index in [1.54, 1.807) is 10.7 Å². The normalized spacial score (nSPS) is 23.5. The van der Waals surface area contributed by atoms with Crippen molar-refractivity contribution in [3.05, 3.63) is 11.8 Å². The average Bonchev–Trinajstić information content (AvgIpc) is 2.78. The van der Waals surface area contributed by atoms with Gasteiger partial charge in [0.25, 0.3) is 5.91 Å². The van der Waals surface area contributed by atoms with Crippen molar-refractivity contribution in [3.63, 3.8) is 0 Å². The minimum absolute atomic E-state index is 0.0102. The van der Waals surface area contributed by atoms with E-state index in [9.17, 15) is 4.79 Å². The van der Waals surface area contributed by atoms with E-state index < -0.39 is 0 Å². The number of aryl methyl sites for hydroxylation is 1. The second-order valence-electron chi connectivity index (χ2n) is 7.76. The SMILES string of the molecule is CC1(C)CC(NC(=O)c2cc3n(n2)CCCO3)CC(C)(C)N1. The van der Waals surface area contributed by atoms with Crippen molar-refractivity contribution in [2.75, 3.05) is 6.61 Å². The Labute approximate surface area is 131 Å². The zero-order chi connectivity index (χ0) is 16.0. The molecule has 2 aliphatic heterocycles. The van der Waals surface area contributed by atoms with Gasteiger partial charge in [-0.25, -0.2) is 4.68 Å². The third kappa shape index (κ3) is 3.27. The summed E-state index contributed by atoms with van der Waals surface area (Å²) in [5.41, 5.74) is 0.470. The van der Waals surface area contributed by atoms with Gasteiger partial charge in [-0.3, -0.25) is 4.79 Å². The van der Waals surface area contributed by atoms with Crippen LogP contribution in [0.3, 0.4) is 0 Å². The fraction of sp³-hybridized carbons (Fsp3) is 0.750. The van der Waals surface area contributed by atoms with Crippen molar-refractivity contribution in [1.82, 2.24) is 20.4 Å². The van der Waals surface area contributed by atoms with Crippen LogP contribution < -0.4 is 15.4 Å². The van der Waals surface area contributed by atoms with E-state index in [2.05, 4.69) is 43.4 Å². The smallest absolute Gasteiger partial charge is 0.272 e. The molecule has 6 nitrogen and oxygen atoms in total. The minimum atomic E-state index is -0.107. The second kappa shape index (κ2) is 5.26. The fourth-order valence-electron chi connectivity index (χ4n) is 3.86. The minimum Gasteiger partial charge on any atom is -0.478 e. The van der Waals surface area contributed by atoms with Crippen molar-refractivity contribution >= 4 is 5.91 Å². The molecule has 0 bridgehead atoms. The van der Waals surface area contributed by atoms with Crippen LogP contribution in [-0.4, -0.2) is 39.4 Å². The van der Waals surface area contributed by atoms with Crippen LogP contribution in [0.1, 0.15) is 57.4 Å². The molecule has 6 heteroatoms. The highest BCUT2D eigenvalue weighted by atomic mass is 16.5. The summed E-state index contributed by atoms with van der Waals surface area (Å²) in [4.78, 5) is 12.5. The van der Waals surface area contributed by atoms with Gasteiger partial charge in [0, 0.05) is 36.2 Å². The molecule has 0 unspecified atom stereocenters. The molecule has 2 aliphatic rings. The number of amides is 1. The molecule has 1 aromatic rings. The molecular formula is C16H26N4O2. The Morgan fingerprint density at radius 1 is 1.36 bits per heavy atom. The van der Waals surface area contributed by atoms with Crippen molar-refractivity contribution in [3.8, 4) is 5.88 Å². The van der Waals surface area contributed by atoms with E-state index in [-0.39, 0.29) is 23.0 Å². The molecule has 1 saturated heterocycles. The maximum Gasteiger partial charge on any atom is 0.272 e. The maximum atomic E-state index is 12.5. The Hall–Kier alpha value is -1.56. The molecule has 0 radical (unpaired) electrons. The van der Waals surface area contributed by atoms with Crippen LogP contribution >= 0.6 is 0 Å². The molecule has 122 valence electrons. The summed E-state index contributed by atoms with van der Waals surface area (Å²) in [5, 5.41) is 11.1. The van der Waals surface area contributed by atoms with Gasteiger partial charge in [-0.1, -0.05) is 0 Å². The van der Waals surface area contributed by atoms with Crippen LogP contribution in [-0.2, 0) is 6.54 Å². The molecule has 1 aromatic heterocycles. The van der Waals surface area contributed by atoms with Gasteiger partial charge in [0.05, 0.1) is 6.61 Å². The summed E-state index contributed by atoms with van der Waals surface area (Å²) in [7, 11) is 0. The van der Waals surface area contributed by atoms with Gasteiger partial charge in [0.2, 0.25) is 5.88 Å². The Morgan fingerprint density at radius 2 is 2.05 bits per heavy atom. The van der Waals surface area contributed by atoms with Gasteiger partial charge in [-0.15, -0.1) is 0 Å². The Balaban J connectivity index is 1.70. The number of hydrogen-bond acceptors (Lipinski definition) is 4. The summed E-state index contributed by atoms with van der Waals surface area (Å²) in [6, 6.07) is 1.89. The van der Waals surface area contributed by atoms with E-state index in [1.165, 1.54) is 0 Å². The highest BCUT2D eigenvalue weighted by Crippen LogP contribution is 2.28. The molecule has 0 saturated carbocycles. The number of piperidine rings is 1. The third-order valence-corrected chi connectivity index (χ3v) is 4.27. The molecule has 2 N–H and O–H groups in total. The molecule has 0 spiro atoms. The third-order valence-electron chi connectivity index (χ3n) is 4.27. The Morgan fingerprint density at radius 3 is 2.68 bits per heavy atom. The van der Waals surface area contributed by atoms with E-state index in [4.69, 9.17) is 4.74 Å². The number of rotatable bonds is 2. The average molecular weight is 306 g/mol. The zero-order valence-electron chi connectivity index (χ0n) is 13.9. The number of ether oxygens (including phenoxy) is 1.